The first-order valence-corrected chi connectivity index (χ1v) is 17.3. The van der Waals surface area contributed by atoms with Crippen molar-refractivity contribution in [2.24, 2.45) is 0 Å². The van der Waals surface area contributed by atoms with Gasteiger partial charge in [0.05, 0.1) is 0 Å². The molecule has 0 aliphatic heterocycles. The molecule has 0 spiro atoms. The standard InChI is InChI=1S/C49H34/c1-49(2)46-19-11-10-18-42(46)44-25-22-35-26-33(21-23-41(35)48(44)49)37-27-36(31-12-4-3-5-13-31)28-38(29-37)47-40-17-9-7-15-34(40)30-45-39-16-8-6-14-32(39)20-24-43(45)47/h3-30H,1-2H3. The van der Waals surface area contributed by atoms with Crippen LogP contribution in [0.3, 0.4) is 0 Å². The fourth-order valence-corrected chi connectivity index (χ4v) is 8.67. The highest BCUT2D eigenvalue weighted by molar-refractivity contribution is 6.20. The van der Waals surface area contributed by atoms with Gasteiger partial charge in [-0.1, -0.05) is 153 Å². The highest BCUT2D eigenvalue weighted by atomic mass is 14.4. The average molecular weight is 623 g/mol. The van der Waals surface area contributed by atoms with Gasteiger partial charge in [0.2, 0.25) is 0 Å². The van der Waals surface area contributed by atoms with E-state index in [1.165, 1.54) is 98.7 Å². The smallest absolute Gasteiger partial charge is 0.0165 e. The van der Waals surface area contributed by atoms with Gasteiger partial charge < -0.3 is 0 Å². The summed E-state index contributed by atoms with van der Waals surface area (Å²) in [4.78, 5) is 0. The van der Waals surface area contributed by atoms with Crippen molar-refractivity contribution in [1.82, 2.24) is 0 Å². The summed E-state index contributed by atoms with van der Waals surface area (Å²) in [6, 6.07) is 63.3. The van der Waals surface area contributed by atoms with E-state index in [4.69, 9.17) is 0 Å². The topological polar surface area (TPSA) is 0 Å². The lowest BCUT2D eigenvalue weighted by Crippen LogP contribution is -2.15. The first kappa shape index (κ1) is 28.1. The number of rotatable bonds is 3. The maximum absolute atomic E-state index is 2.41. The van der Waals surface area contributed by atoms with Crippen molar-refractivity contribution in [3.8, 4) is 44.5 Å². The fourth-order valence-electron chi connectivity index (χ4n) is 8.67. The highest BCUT2D eigenvalue weighted by Crippen LogP contribution is 2.51. The second kappa shape index (κ2) is 10.5. The Morgan fingerprint density at radius 1 is 0.327 bits per heavy atom. The molecule has 0 amide bonds. The van der Waals surface area contributed by atoms with Crippen LogP contribution in [0.15, 0.2) is 170 Å². The summed E-state index contributed by atoms with van der Waals surface area (Å²) in [6.45, 7) is 4.75. The van der Waals surface area contributed by atoms with Crippen molar-refractivity contribution in [3.63, 3.8) is 0 Å². The molecule has 9 aromatic carbocycles. The molecule has 10 rings (SSSR count). The van der Waals surface area contributed by atoms with Crippen LogP contribution >= 0.6 is 0 Å². The molecule has 0 saturated heterocycles. The zero-order valence-corrected chi connectivity index (χ0v) is 27.7. The normalized spacial score (nSPS) is 13.3. The molecule has 0 saturated carbocycles. The summed E-state index contributed by atoms with van der Waals surface area (Å²) >= 11 is 0. The van der Waals surface area contributed by atoms with Crippen LogP contribution in [0.25, 0.3) is 87.6 Å². The fraction of sp³-hybridized carbons (Fsp3) is 0.0612. The lowest BCUT2D eigenvalue weighted by molar-refractivity contribution is 0.666. The van der Waals surface area contributed by atoms with Crippen LogP contribution < -0.4 is 0 Å². The molecular weight excluding hydrogens is 589 g/mol. The molecule has 0 unspecified atom stereocenters. The molecule has 49 heavy (non-hydrogen) atoms. The molecule has 0 fully saturated rings. The van der Waals surface area contributed by atoms with Gasteiger partial charge in [-0.25, -0.2) is 0 Å². The summed E-state index contributed by atoms with van der Waals surface area (Å²) in [6.07, 6.45) is 0. The molecule has 0 heterocycles. The maximum atomic E-state index is 2.41. The minimum Gasteiger partial charge on any atom is -0.0622 e. The van der Waals surface area contributed by atoms with Crippen molar-refractivity contribution in [1.29, 1.82) is 0 Å². The molecule has 0 heteroatoms. The van der Waals surface area contributed by atoms with Gasteiger partial charge in [-0.05, 0) is 129 Å². The second-order valence-corrected chi connectivity index (χ2v) is 14.1. The van der Waals surface area contributed by atoms with Crippen LogP contribution in [0.4, 0.5) is 0 Å². The van der Waals surface area contributed by atoms with Gasteiger partial charge in [0.15, 0.2) is 0 Å². The minimum atomic E-state index is -0.0487. The van der Waals surface area contributed by atoms with E-state index >= 15 is 0 Å². The monoisotopic (exact) mass is 622 g/mol. The predicted molar refractivity (Wildman–Crippen MR) is 210 cm³/mol. The summed E-state index contributed by atoms with van der Waals surface area (Å²) < 4.78 is 0. The van der Waals surface area contributed by atoms with Crippen molar-refractivity contribution in [3.05, 3.63) is 181 Å². The Labute approximate surface area is 286 Å². The molecule has 0 N–H and O–H groups in total. The van der Waals surface area contributed by atoms with Gasteiger partial charge in [0.1, 0.15) is 0 Å². The van der Waals surface area contributed by atoms with Gasteiger partial charge in [0.25, 0.3) is 0 Å². The van der Waals surface area contributed by atoms with E-state index in [0.29, 0.717) is 0 Å². The Balaban J connectivity index is 1.23. The first-order valence-electron chi connectivity index (χ1n) is 17.3. The van der Waals surface area contributed by atoms with Crippen LogP contribution in [-0.4, -0.2) is 0 Å². The number of hydrogen-bond acceptors (Lipinski definition) is 0. The average Bonchev–Trinajstić information content (AvgIpc) is 3.40. The third-order valence-corrected chi connectivity index (χ3v) is 11.0. The lowest BCUT2D eigenvalue weighted by atomic mass is 9.80. The van der Waals surface area contributed by atoms with Gasteiger partial charge >= 0.3 is 0 Å². The van der Waals surface area contributed by atoms with E-state index in [1.807, 2.05) is 0 Å². The van der Waals surface area contributed by atoms with Crippen LogP contribution in [0.5, 0.6) is 0 Å². The first-order chi connectivity index (χ1) is 24.0. The molecular formula is C49H34. The van der Waals surface area contributed by atoms with E-state index in [-0.39, 0.29) is 5.41 Å². The number of fused-ring (bicyclic) bond motifs is 9. The van der Waals surface area contributed by atoms with E-state index in [1.54, 1.807) is 0 Å². The van der Waals surface area contributed by atoms with E-state index in [2.05, 4.69) is 184 Å². The van der Waals surface area contributed by atoms with Crippen LogP contribution in [-0.2, 0) is 5.41 Å². The highest BCUT2D eigenvalue weighted by Gasteiger charge is 2.36. The molecule has 0 atom stereocenters. The second-order valence-electron chi connectivity index (χ2n) is 14.1. The van der Waals surface area contributed by atoms with E-state index in [9.17, 15) is 0 Å². The van der Waals surface area contributed by atoms with Gasteiger partial charge in [-0.3, -0.25) is 0 Å². The Kier molecular flexibility index (Phi) is 6.02. The molecule has 1 aliphatic rings. The van der Waals surface area contributed by atoms with Crippen molar-refractivity contribution >= 4 is 43.1 Å². The van der Waals surface area contributed by atoms with Gasteiger partial charge in [0, 0.05) is 5.41 Å². The Hall–Kier alpha value is -5.98. The maximum Gasteiger partial charge on any atom is 0.0165 e. The zero-order chi connectivity index (χ0) is 32.7. The zero-order valence-electron chi connectivity index (χ0n) is 27.7. The molecule has 0 bridgehead atoms. The molecule has 1 aliphatic carbocycles. The summed E-state index contributed by atoms with van der Waals surface area (Å²) in [5.74, 6) is 0. The summed E-state index contributed by atoms with van der Waals surface area (Å²) in [5, 5.41) is 10.3. The minimum absolute atomic E-state index is 0.0487. The number of hydrogen-bond donors (Lipinski definition) is 0. The number of benzene rings is 9. The van der Waals surface area contributed by atoms with E-state index in [0.717, 1.165) is 0 Å². The molecule has 0 aromatic heterocycles. The molecule has 230 valence electrons. The van der Waals surface area contributed by atoms with Gasteiger partial charge in [-0.2, -0.15) is 0 Å². The summed E-state index contributed by atoms with van der Waals surface area (Å²) in [7, 11) is 0. The van der Waals surface area contributed by atoms with Crippen molar-refractivity contribution in [2.45, 2.75) is 19.3 Å². The predicted octanol–water partition coefficient (Wildman–Crippen LogP) is 13.6. The lowest BCUT2D eigenvalue weighted by Gasteiger charge is -2.23. The van der Waals surface area contributed by atoms with E-state index < -0.39 is 0 Å². The molecule has 9 aromatic rings. The molecule has 0 nitrogen and oxygen atoms in total. The van der Waals surface area contributed by atoms with Crippen LogP contribution in [0.2, 0.25) is 0 Å². The van der Waals surface area contributed by atoms with Crippen LogP contribution in [0, 0.1) is 0 Å². The largest absolute Gasteiger partial charge is 0.0622 e. The van der Waals surface area contributed by atoms with Crippen molar-refractivity contribution in [2.75, 3.05) is 0 Å². The van der Waals surface area contributed by atoms with Gasteiger partial charge in [-0.15, -0.1) is 0 Å². The molecule has 0 radical (unpaired) electrons. The Morgan fingerprint density at radius 2 is 0.959 bits per heavy atom. The quantitative estimate of drug-likeness (QED) is 0.136. The SMILES string of the molecule is CC1(C)c2ccccc2-c2ccc3cc(-c4cc(-c5ccccc5)cc(-c5c6ccccc6cc6c5ccc5ccccc56)c4)ccc3c21. The Bertz CT molecular complexity index is 2780. The third kappa shape index (κ3) is 4.24. The van der Waals surface area contributed by atoms with Crippen LogP contribution in [0.1, 0.15) is 25.0 Å². The Morgan fingerprint density at radius 3 is 1.82 bits per heavy atom. The third-order valence-electron chi connectivity index (χ3n) is 11.0. The summed E-state index contributed by atoms with van der Waals surface area (Å²) in [5.41, 5.74) is 13.0. The van der Waals surface area contributed by atoms with Crippen molar-refractivity contribution < 1.29 is 0 Å².